The molecule has 18 heavy (non-hydrogen) atoms. The van der Waals surface area contributed by atoms with Crippen LogP contribution in [0.3, 0.4) is 0 Å². The van der Waals surface area contributed by atoms with E-state index in [0.717, 1.165) is 21.5 Å². The Balaban J connectivity index is 2.61. The van der Waals surface area contributed by atoms with Gasteiger partial charge < -0.3 is 10.1 Å². The van der Waals surface area contributed by atoms with Gasteiger partial charge in [-0.25, -0.2) is 14.6 Å². The summed E-state index contributed by atoms with van der Waals surface area (Å²) in [4.78, 5) is 8.75. The van der Waals surface area contributed by atoms with E-state index in [2.05, 4.69) is 36.3 Å². The first kappa shape index (κ1) is 12.8. The summed E-state index contributed by atoms with van der Waals surface area (Å²) in [6, 6.07) is 0. The number of nitrogens with one attached hydrogen (secondary N) is 1. The molecule has 0 atom stereocenters. The minimum atomic E-state index is 0.588. The summed E-state index contributed by atoms with van der Waals surface area (Å²) in [5.74, 6) is 1.96. The first-order valence-corrected chi connectivity index (χ1v) is 6.16. The molecule has 1 N–H and O–H groups in total. The molecule has 0 bridgehead atoms. The highest BCUT2D eigenvalue weighted by atomic mass is 79.9. The van der Waals surface area contributed by atoms with Gasteiger partial charge in [0, 0.05) is 20.3 Å². The predicted octanol–water partition coefficient (Wildman–Crippen LogP) is 2.00. The highest BCUT2D eigenvalue weighted by Crippen LogP contribution is 2.31. The maximum atomic E-state index is 5.34. The Morgan fingerprint density at radius 1 is 1.44 bits per heavy atom. The van der Waals surface area contributed by atoms with Crippen LogP contribution in [0.2, 0.25) is 0 Å². The number of rotatable bonds is 3. The van der Waals surface area contributed by atoms with E-state index in [1.807, 2.05) is 21.0 Å². The summed E-state index contributed by atoms with van der Waals surface area (Å²) < 4.78 is 7.83. The van der Waals surface area contributed by atoms with E-state index in [9.17, 15) is 0 Å². The molecule has 0 unspecified atom stereocenters. The van der Waals surface area contributed by atoms with Crippen molar-refractivity contribution >= 4 is 21.7 Å². The molecule has 0 aromatic carbocycles. The molecule has 0 fully saturated rings. The van der Waals surface area contributed by atoms with E-state index in [4.69, 9.17) is 4.74 Å². The molecule has 0 amide bonds. The first-order chi connectivity index (χ1) is 8.58. The molecular formula is C11H14BrN5O. The molecule has 0 aliphatic heterocycles. The van der Waals surface area contributed by atoms with Gasteiger partial charge in [-0.1, -0.05) is 0 Å². The Bertz CT molecular complexity index is 581. The Hall–Kier alpha value is -1.63. The van der Waals surface area contributed by atoms with E-state index in [-0.39, 0.29) is 0 Å². The quantitative estimate of drug-likeness (QED) is 0.939. The number of aromatic nitrogens is 4. The van der Waals surface area contributed by atoms with Crippen molar-refractivity contribution in [1.82, 2.24) is 19.7 Å². The lowest BCUT2D eigenvalue weighted by Crippen LogP contribution is -2.00. The summed E-state index contributed by atoms with van der Waals surface area (Å²) in [6.45, 7) is 1.91. The van der Waals surface area contributed by atoms with Gasteiger partial charge in [-0.05, 0) is 22.9 Å². The lowest BCUT2D eigenvalue weighted by molar-refractivity contribution is 0.374. The highest BCUT2D eigenvalue weighted by Gasteiger charge is 2.19. The molecule has 0 aliphatic rings. The van der Waals surface area contributed by atoms with Crippen LogP contribution in [0, 0.1) is 6.92 Å². The maximum absolute atomic E-state index is 5.34. The van der Waals surface area contributed by atoms with Crippen molar-refractivity contribution in [1.29, 1.82) is 0 Å². The summed E-state index contributed by atoms with van der Waals surface area (Å²) in [6.07, 6.45) is 1.71. The number of hydrogen-bond donors (Lipinski definition) is 1. The zero-order valence-electron chi connectivity index (χ0n) is 10.7. The van der Waals surface area contributed by atoms with Crippen LogP contribution in [0.25, 0.3) is 11.4 Å². The second kappa shape index (κ2) is 4.93. The van der Waals surface area contributed by atoms with Gasteiger partial charge in [0.25, 0.3) is 0 Å². The van der Waals surface area contributed by atoms with Gasteiger partial charge in [0.15, 0.2) is 5.82 Å². The molecule has 0 radical (unpaired) electrons. The van der Waals surface area contributed by atoms with Crippen LogP contribution in [0.15, 0.2) is 10.7 Å². The second-order valence-electron chi connectivity index (χ2n) is 3.73. The summed E-state index contributed by atoms with van der Waals surface area (Å²) in [5, 5.41) is 7.32. The fourth-order valence-corrected chi connectivity index (χ4v) is 2.18. The van der Waals surface area contributed by atoms with Crippen LogP contribution in [0.1, 0.15) is 5.69 Å². The van der Waals surface area contributed by atoms with Crippen molar-refractivity contribution in [3.05, 3.63) is 16.4 Å². The van der Waals surface area contributed by atoms with Crippen LogP contribution in [-0.2, 0) is 7.05 Å². The normalized spacial score (nSPS) is 10.5. The van der Waals surface area contributed by atoms with E-state index in [0.29, 0.717) is 11.7 Å². The van der Waals surface area contributed by atoms with Crippen molar-refractivity contribution in [2.75, 3.05) is 19.5 Å². The van der Waals surface area contributed by atoms with Gasteiger partial charge in [-0.3, -0.25) is 0 Å². The fourth-order valence-electron chi connectivity index (χ4n) is 1.79. The van der Waals surface area contributed by atoms with E-state index in [1.54, 1.807) is 18.0 Å². The number of ether oxygens (including phenoxy) is 1. The third-order valence-corrected chi connectivity index (χ3v) is 3.15. The molecule has 0 saturated carbocycles. The molecule has 0 saturated heterocycles. The van der Waals surface area contributed by atoms with Crippen LogP contribution in [-0.4, -0.2) is 33.9 Å². The summed E-state index contributed by atoms with van der Waals surface area (Å²) in [7, 11) is 5.25. The molecule has 0 spiro atoms. The molecule has 0 aliphatic carbocycles. The lowest BCUT2D eigenvalue weighted by Gasteiger charge is -2.07. The van der Waals surface area contributed by atoms with Gasteiger partial charge in [0.1, 0.15) is 11.4 Å². The zero-order valence-corrected chi connectivity index (χ0v) is 12.2. The third-order valence-electron chi connectivity index (χ3n) is 2.57. The predicted molar refractivity (Wildman–Crippen MR) is 72.8 cm³/mol. The Labute approximate surface area is 114 Å². The van der Waals surface area contributed by atoms with Crippen molar-refractivity contribution in [2.24, 2.45) is 7.05 Å². The second-order valence-corrected chi connectivity index (χ2v) is 4.59. The Kier molecular flexibility index (Phi) is 3.51. The molecule has 2 aromatic heterocycles. The van der Waals surface area contributed by atoms with E-state index < -0.39 is 0 Å². The minimum absolute atomic E-state index is 0.588. The standard InChI is InChI=1S/C11H14BrN5O/c1-6-8(11(18-4)17(3)16-6)10-14-5-7(12)9(13-2)15-10/h5H,1-4H3,(H,13,14,15). The largest absolute Gasteiger partial charge is 0.481 e. The molecule has 2 aromatic rings. The fraction of sp³-hybridized carbons (Fsp3) is 0.364. The molecule has 2 heterocycles. The van der Waals surface area contributed by atoms with Crippen molar-refractivity contribution in [3.8, 4) is 17.3 Å². The zero-order chi connectivity index (χ0) is 13.3. The average Bonchev–Trinajstić information content (AvgIpc) is 2.64. The summed E-state index contributed by atoms with van der Waals surface area (Å²) in [5.41, 5.74) is 1.64. The van der Waals surface area contributed by atoms with Crippen LogP contribution in [0.5, 0.6) is 5.88 Å². The van der Waals surface area contributed by atoms with Crippen molar-refractivity contribution in [2.45, 2.75) is 6.92 Å². The van der Waals surface area contributed by atoms with Crippen molar-refractivity contribution in [3.63, 3.8) is 0 Å². The molecule has 2 rings (SSSR count). The van der Waals surface area contributed by atoms with Crippen LogP contribution >= 0.6 is 15.9 Å². The summed E-state index contributed by atoms with van der Waals surface area (Å²) >= 11 is 3.38. The monoisotopic (exact) mass is 311 g/mol. The number of methoxy groups -OCH3 is 1. The van der Waals surface area contributed by atoms with E-state index in [1.165, 1.54) is 0 Å². The molecule has 7 heteroatoms. The van der Waals surface area contributed by atoms with Crippen molar-refractivity contribution < 1.29 is 4.74 Å². The van der Waals surface area contributed by atoms with Gasteiger partial charge in [0.05, 0.1) is 17.3 Å². The van der Waals surface area contributed by atoms with Gasteiger partial charge in [-0.2, -0.15) is 5.10 Å². The molecule has 6 nitrogen and oxygen atoms in total. The number of aryl methyl sites for hydroxylation is 2. The van der Waals surface area contributed by atoms with Gasteiger partial charge >= 0.3 is 0 Å². The number of hydrogen-bond acceptors (Lipinski definition) is 5. The number of halogens is 1. The SMILES string of the molecule is CNc1nc(-c2c(C)nn(C)c2OC)ncc1Br. The highest BCUT2D eigenvalue weighted by molar-refractivity contribution is 9.10. The third kappa shape index (κ3) is 2.05. The topological polar surface area (TPSA) is 64.9 Å². The molecular weight excluding hydrogens is 298 g/mol. The minimum Gasteiger partial charge on any atom is -0.481 e. The van der Waals surface area contributed by atoms with Gasteiger partial charge in [-0.15, -0.1) is 0 Å². The number of anilines is 1. The first-order valence-electron chi connectivity index (χ1n) is 5.36. The van der Waals surface area contributed by atoms with Gasteiger partial charge in [0.2, 0.25) is 5.88 Å². The molecule has 96 valence electrons. The van der Waals surface area contributed by atoms with E-state index >= 15 is 0 Å². The average molecular weight is 312 g/mol. The smallest absolute Gasteiger partial charge is 0.222 e. The number of nitrogens with zero attached hydrogens (tertiary/aromatic N) is 4. The van der Waals surface area contributed by atoms with Crippen LogP contribution < -0.4 is 10.1 Å². The Morgan fingerprint density at radius 3 is 2.78 bits per heavy atom. The maximum Gasteiger partial charge on any atom is 0.222 e. The lowest BCUT2D eigenvalue weighted by atomic mass is 10.2. The Morgan fingerprint density at radius 2 is 2.17 bits per heavy atom. The van der Waals surface area contributed by atoms with Crippen LogP contribution in [0.4, 0.5) is 5.82 Å².